The van der Waals surface area contributed by atoms with Crippen LogP contribution in [0.3, 0.4) is 0 Å². The molecule has 0 saturated heterocycles. The van der Waals surface area contributed by atoms with Gasteiger partial charge in [-0.05, 0) is 18.4 Å². The second-order valence-corrected chi connectivity index (χ2v) is 3.60. The fourth-order valence-electron chi connectivity index (χ4n) is 1.19. The van der Waals surface area contributed by atoms with Gasteiger partial charge < -0.3 is 0 Å². The van der Waals surface area contributed by atoms with Gasteiger partial charge in [-0.15, -0.1) is 0 Å². The second kappa shape index (κ2) is 4.69. The van der Waals surface area contributed by atoms with E-state index in [0.717, 1.165) is 11.8 Å². The van der Waals surface area contributed by atoms with Crippen LogP contribution in [-0.2, 0) is 13.5 Å². The van der Waals surface area contributed by atoms with E-state index in [1.165, 1.54) is 4.68 Å². The third-order valence-electron chi connectivity index (χ3n) is 1.72. The number of halogens is 3. The van der Waals surface area contributed by atoms with Crippen molar-refractivity contribution in [3.63, 3.8) is 0 Å². The van der Waals surface area contributed by atoms with Crippen molar-refractivity contribution in [1.82, 2.24) is 9.78 Å². The molecule has 0 aromatic carbocycles. The summed E-state index contributed by atoms with van der Waals surface area (Å²) in [7, 11) is 1.66. The van der Waals surface area contributed by atoms with E-state index in [1.54, 1.807) is 13.2 Å². The molecule has 0 amide bonds. The Morgan fingerprint density at radius 3 is 2.85 bits per heavy atom. The van der Waals surface area contributed by atoms with Gasteiger partial charge in [0.2, 0.25) is 0 Å². The fraction of sp³-hybridized carbons (Fsp3) is 0.625. The van der Waals surface area contributed by atoms with Gasteiger partial charge in [0, 0.05) is 18.6 Å². The summed E-state index contributed by atoms with van der Waals surface area (Å²) in [6, 6.07) is 0. The molecule has 0 fully saturated rings. The third kappa shape index (κ3) is 2.76. The molecule has 0 aliphatic carbocycles. The summed E-state index contributed by atoms with van der Waals surface area (Å²) in [5, 5.41) is 4.54. The number of rotatable bonds is 4. The Labute approximate surface area is 84.1 Å². The molecule has 2 nitrogen and oxygen atoms in total. The first kappa shape index (κ1) is 10.6. The maximum absolute atomic E-state index is 12.4. The number of hydrogen-bond donors (Lipinski definition) is 0. The number of alkyl halides is 3. The predicted molar refractivity (Wildman–Crippen MR) is 50.3 cm³/mol. The molecular weight excluding hydrogens is 242 g/mol. The number of aryl methyl sites for hydroxylation is 2. The average molecular weight is 253 g/mol. The molecule has 0 saturated carbocycles. The highest BCUT2D eigenvalue weighted by atomic mass is 79.9. The molecule has 0 atom stereocenters. The minimum absolute atomic E-state index is 0.0801. The molecule has 1 rings (SSSR count). The van der Waals surface area contributed by atoms with Crippen molar-refractivity contribution in [3.8, 4) is 0 Å². The number of nitrogens with zero attached hydrogens (tertiary/aromatic N) is 2. The second-order valence-electron chi connectivity index (χ2n) is 2.81. The molecule has 74 valence electrons. The Bertz CT molecular complexity index is 273. The van der Waals surface area contributed by atoms with Crippen molar-refractivity contribution >= 4 is 15.9 Å². The largest absolute Gasteiger partial charge is 0.282 e. The monoisotopic (exact) mass is 252 g/mol. The summed E-state index contributed by atoms with van der Waals surface area (Å²) in [4.78, 5) is 0. The van der Waals surface area contributed by atoms with Crippen LogP contribution < -0.4 is 0 Å². The summed E-state index contributed by atoms with van der Waals surface area (Å²) in [5.74, 6) is 0. The molecule has 0 bridgehead atoms. The van der Waals surface area contributed by atoms with E-state index < -0.39 is 6.43 Å². The zero-order chi connectivity index (χ0) is 9.84. The van der Waals surface area contributed by atoms with Gasteiger partial charge in [0.25, 0.3) is 6.43 Å². The summed E-state index contributed by atoms with van der Waals surface area (Å²) >= 11 is 3.26. The van der Waals surface area contributed by atoms with E-state index in [2.05, 4.69) is 21.0 Å². The molecular formula is C8H11BrF2N2. The first-order valence-electron chi connectivity index (χ1n) is 4.01. The van der Waals surface area contributed by atoms with E-state index in [-0.39, 0.29) is 5.69 Å². The SMILES string of the molecule is Cn1cc(CCCBr)c(C(F)F)n1. The lowest BCUT2D eigenvalue weighted by atomic mass is 10.1. The van der Waals surface area contributed by atoms with Gasteiger partial charge in [0.05, 0.1) is 0 Å². The van der Waals surface area contributed by atoms with Crippen LogP contribution >= 0.6 is 15.9 Å². The van der Waals surface area contributed by atoms with Crippen LogP contribution in [0.5, 0.6) is 0 Å². The predicted octanol–water partition coefficient (Wildman–Crippen LogP) is 2.69. The molecule has 0 aliphatic heterocycles. The molecule has 1 heterocycles. The highest BCUT2D eigenvalue weighted by molar-refractivity contribution is 9.09. The first-order chi connectivity index (χ1) is 6.15. The van der Waals surface area contributed by atoms with Crippen LogP contribution in [-0.4, -0.2) is 15.1 Å². The van der Waals surface area contributed by atoms with Gasteiger partial charge >= 0.3 is 0 Å². The molecule has 0 spiro atoms. The van der Waals surface area contributed by atoms with Crippen molar-refractivity contribution in [2.24, 2.45) is 7.05 Å². The number of hydrogen-bond acceptors (Lipinski definition) is 1. The summed E-state index contributed by atoms with van der Waals surface area (Å²) < 4.78 is 26.2. The maximum Gasteiger partial charge on any atom is 0.282 e. The van der Waals surface area contributed by atoms with Gasteiger partial charge in [-0.3, -0.25) is 4.68 Å². The molecule has 0 N–H and O–H groups in total. The van der Waals surface area contributed by atoms with Crippen molar-refractivity contribution in [2.75, 3.05) is 5.33 Å². The van der Waals surface area contributed by atoms with Crippen molar-refractivity contribution < 1.29 is 8.78 Å². The Kier molecular flexibility index (Phi) is 3.84. The summed E-state index contributed by atoms with van der Waals surface area (Å²) in [5.41, 5.74) is 0.570. The topological polar surface area (TPSA) is 17.8 Å². The third-order valence-corrected chi connectivity index (χ3v) is 2.28. The lowest BCUT2D eigenvalue weighted by Crippen LogP contribution is -1.93. The highest BCUT2D eigenvalue weighted by Gasteiger charge is 2.16. The van der Waals surface area contributed by atoms with E-state index in [9.17, 15) is 8.78 Å². The standard InChI is InChI=1S/C8H11BrF2N2/c1-13-5-6(3-2-4-9)7(12-13)8(10)11/h5,8H,2-4H2,1H3. The maximum atomic E-state index is 12.4. The zero-order valence-corrected chi connectivity index (χ0v) is 8.89. The van der Waals surface area contributed by atoms with Crippen LogP contribution in [0.25, 0.3) is 0 Å². The van der Waals surface area contributed by atoms with Crippen LogP contribution in [0.1, 0.15) is 24.1 Å². The summed E-state index contributed by atoms with van der Waals surface area (Å²) in [6.07, 6.45) is 0.695. The normalized spacial score (nSPS) is 11.2. The quantitative estimate of drug-likeness (QED) is 0.754. The molecule has 5 heteroatoms. The molecule has 1 aromatic rings. The molecule has 1 aromatic heterocycles. The number of aromatic nitrogens is 2. The van der Waals surface area contributed by atoms with Crippen molar-refractivity contribution in [3.05, 3.63) is 17.5 Å². The first-order valence-corrected chi connectivity index (χ1v) is 5.14. The highest BCUT2D eigenvalue weighted by Crippen LogP contribution is 2.21. The lowest BCUT2D eigenvalue weighted by Gasteiger charge is -1.98. The Balaban J connectivity index is 2.78. The lowest BCUT2D eigenvalue weighted by molar-refractivity contribution is 0.144. The minimum Gasteiger partial charge on any atom is -0.275 e. The van der Waals surface area contributed by atoms with E-state index >= 15 is 0 Å². The average Bonchev–Trinajstić information content (AvgIpc) is 2.43. The van der Waals surface area contributed by atoms with Crippen LogP contribution in [0.2, 0.25) is 0 Å². The smallest absolute Gasteiger partial charge is 0.275 e. The van der Waals surface area contributed by atoms with Crippen molar-refractivity contribution in [2.45, 2.75) is 19.3 Å². The Morgan fingerprint density at radius 2 is 2.31 bits per heavy atom. The van der Waals surface area contributed by atoms with Gasteiger partial charge in [-0.25, -0.2) is 8.78 Å². The summed E-state index contributed by atoms with van der Waals surface area (Å²) in [6.45, 7) is 0. The van der Waals surface area contributed by atoms with E-state index in [0.29, 0.717) is 12.0 Å². The minimum atomic E-state index is -2.47. The van der Waals surface area contributed by atoms with Gasteiger partial charge in [0.15, 0.2) is 0 Å². The van der Waals surface area contributed by atoms with Gasteiger partial charge in [-0.2, -0.15) is 5.10 Å². The van der Waals surface area contributed by atoms with Gasteiger partial charge in [-0.1, -0.05) is 15.9 Å². The van der Waals surface area contributed by atoms with E-state index in [1.807, 2.05) is 0 Å². The Hall–Kier alpha value is -0.450. The molecule has 0 unspecified atom stereocenters. The van der Waals surface area contributed by atoms with Crippen LogP contribution in [0.15, 0.2) is 6.20 Å². The fourth-order valence-corrected chi connectivity index (χ4v) is 1.47. The van der Waals surface area contributed by atoms with Crippen LogP contribution in [0.4, 0.5) is 8.78 Å². The molecule has 0 aliphatic rings. The van der Waals surface area contributed by atoms with Crippen LogP contribution in [0, 0.1) is 0 Å². The van der Waals surface area contributed by atoms with E-state index in [4.69, 9.17) is 0 Å². The van der Waals surface area contributed by atoms with Crippen molar-refractivity contribution in [1.29, 1.82) is 0 Å². The Morgan fingerprint density at radius 1 is 1.62 bits per heavy atom. The van der Waals surface area contributed by atoms with Gasteiger partial charge in [0.1, 0.15) is 5.69 Å². The molecule has 0 radical (unpaired) electrons. The molecule has 13 heavy (non-hydrogen) atoms. The zero-order valence-electron chi connectivity index (χ0n) is 7.30.